The zero-order valence-corrected chi connectivity index (χ0v) is 9.96. The fourth-order valence-corrected chi connectivity index (χ4v) is 1.76. The first kappa shape index (κ1) is 12.1. The van der Waals surface area contributed by atoms with Crippen LogP contribution in [-0.2, 0) is 6.54 Å². The third-order valence-corrected chi connectivity index (χ3v) is 2.81. The maximum atomic E-state index is 11.7. The average Bonchev–Trinajstić information content (AvgIpc) is 2.34. The van der Waals surface area contributed by atoms with Crippen molar-refractivity contribution in [3.05, 3.63) is 69.6 Å². The maximum absolute atomic E-state index is 11.7. The largest absolute Gasteiger partial charge is 0.478 e. The molecular weight excluding hydrogens is 230 g/mol. The molecule has 4 heteroatoms. The Balaban J connectivity index is 2.29. The van der Waals surface area contributed by atoms with E-state index in [1.807, 2.05) is 13.0 Å². The van der Waals surface area contributed by atoms with Gasteiger partial charge in [0.25, 0.3) is 5.56 Å². The molecule has 1 aromatic carbocycles. The molecule has 92 valence electrons. The van der Waals surface area contributed by atoms with Crippen LogP contribution in [0, 0.1) is 6.92 Å². The van der Waals surface area contributed by atoms with Crippen molar-refractivity contribution in [2.45, 2.75) is 13.5 Å². The molecule has 0 unspecified atom stereocenters. The van der Waals surface area contributed by atoms with Crippen LogP contribution in [0.1, 0.15) is 21.6 Å². The maximum Gasteiger partial charge on any atom is 0.335 e. The van der Waals surface area contributed by atoms with Gasteiger partial charge in [-0.1, -0.05) is 18.2 Å². The van der Waals surface area contributed by atoms with Gasteiger partial charge in [-0.2, -0.15) is 0 Å². The average molecular weight is 243 g/mol. The lowest BCUT2D eigenvalue weighted by atomic mass is 10.1. The van der Waals surface area contributed by atoms with Gasteiger partial charge in [0.05, 0.1) is 12.1 Å². The SMILES string of the molecule is Cc1cccc(=O)n1Cc1ccc(C(=O)O)cc1. The van der Waals surface area contributed by atoms with Crippen molar-refractivity contribution >= 4 is 5.97 Å². The smallest absolute Gasteiger partial charge is 0.335 e. The van der Waals surface area contributed by atoms with Gasteiger partial charge in [-0.3, -0.25) is 4.79 Å². The van der Waals surface area contributed by atoms with Gasteiger partial charge in [-0.15, -0.1) is 0 Å². The number of pyridine rings is 1. The van der Waals surface area contributed by atoms with Crippen LogP contribution < -0.4 is 5.56 Å². The van der Waals surface area contributed by atoms with E-state index in [4.69, 9.17) is 5.11 Å². The molecular formula is C14H13NO3. The summed E-state index contributed by atoms with van der Waals surface area (Å²) in [6.45, 7) is 2.32. The quantitative estimate of drug-likeness (QED) is 0.895. The molecule has 4 nitrogen and oxygen atoms in total. The van der Waals surface area contributed by atoms with Gasteiger partial charge >= 0.3 is 5.97 Å². The van der Waals surface area contributed by atoms with E-state index in [0.717, 1.165) is 11.3 Å². The van der Waals surface area contributed by atoms with E-state index in [2.05, 4.69) is 0 Å². The zero-order chi connectivity index (χ0) is 13.1. The lowest BCUT2D eigenvalue weighted by molar-refractivity contribution is 0.0697. The molecule has 0 fully saturated rings. The molecule has 2 aromatic rings. The van der Waals surface area contributed by atoms with Gasteiger partial charge in [0.15, 0.2) is 0 Å². The number of benzene rings is 1. The van der Waals surface area contributed by atoms with Gasteiger partial charge in [0, 0.05) is 11.8 Å². The first-order valence-electron chi connectivity index (χ1n) is 5.56. The third-order valence-electron chi connectivity index (χ3n) is 2.81. The molecule has 0 aliphatic carbocycles. The van der Waals surface area contributed by atoms with E-state index < -0.39 is 5.97 Å². The van der Waals surface area contributed by atoms with E-state index in [9.17, 15) is 9.59 Å². The Labute approximate surface area is 104 Å². The summed E-state index contributed by atoms with van der Waals surface area (Å²) < 4.78 is 1.65. The molecule has 0 bridgehead atoms. The highest BCUT2D eigenvalue weighted by Crippen LogP contribution is 2.07. The van der Waals surface area contributed by atoms with E-state index in [1.165, 1.54) is 6.07 Å². The number of nitrogens with zero attached hydrogens (tertiary/aromatic N) is 1. The normalized spacial score (nSPS) is 10.3. The standard InChI is InChI=1S/C14H13NO3/c1-10-3-2-4-13(16)15(10)9-11-5-7-12(8-6-11)14(17)18/h2-8H,9H2,1H3,(H,17,18). The Morgan fingerprint density at radius 1 is 1.17 bits per heavy atom. The molecule has 0 aliphatic heterocycles. The highest BCUT2D eigenvalue weighted by molar-refractivity contribution is 5.87. The summed E-state index contributed by atoms with van der Waals surface area (Å²) in [7, 11) is 0. The Hall–Kier alpha value is -2.36. The molecule has 1 heterocycles. The fraction of sp³-hybridized carbons (Fsp3) is 0.143. The van der Waals surface area contributed by atoms with Crippen LogP contribution >= 0.6 is 0 Å². The monoisotopic (exact) mass is 243 g/mol. The van der Waals surface area contributed by atoms with Gasteiger partial charge in [0.1, 0.15) is 0 Å². The molecule has 0 amide bonds. The summed E-state index contributed by atoms with van der Waals surface area (Å²) in [5, 5.41) is 8.80. The zero-order valence-electron chi connectivity index (χ0n) is 9.96. The minimum atomic E-state index is -0.949. The molecule has 18 heavy (non-hydrogen) atoms. The highest BCUT2D eigenvalue weighted by Gasteiger charge is 2.04. The van der Waals surface area contributed by atoms with Crippen molar-refractivity contribution < 1.29 is 9.90 Å². The van der Waals surface area contributed by atoms with Crippen molar-refractivity contribution in [3.8, 4) is 0 Å². The minimum Gasteiger partial charge on any atom is -0.478 e. The van der Waals surface area contributed by atoms with E-state index in [-0.39, 0.29) is 11.1 Å². The molecule has 0 radical (unpaired) electrons. The number of aromatic nitrogens is 1. The van der Waals surface area contributed by atoms with Crippen LogP contribution in [0.15, 0.2) is 47.3 Å². The number of carbonyl (C=O) groups is 1. The molecule has 1 aromatic heterocycles. The number of aryl methyl sites for hydroxylation is 1. The predicted octanol–water partition coefficient (Wildman–Crippen LogP) is 1.90. The van der Waals surface area contributed by atoms with Crippen LogP contribution in [0.5, 0.6) is 0 Å². The summed E-state index contributed by atoms with van der Waals surface area (Å²) in [5.41, 5.74) is 1.97. The van der Waals surface area contributed by atoms with Crippen LogP contribution in [0.2, 0.25) is 0 Å². The first-order valence-corrected chi connectivity index (χ1v) is 5.56. The molecule has 2 rings (SSSR count). The van der Waals surface area contributed by atoms with Crippen molar-refractivity contribution in [1.82, 2.24) is 4.57 Å². The molecule has 0 atom stereocenters. The second kappa shape index (κ2) is 4.87. The van der Waals surface area contributed by atoms with Gasteiger partial charge in [-0.05, 0) is 30.7 Å². The number of hydrogen-bond acceptors (Lipinski definition) is 2. The van der Waals surface area contributed by atoms with E-state index in [0.29, 0.717) is 6.54 Å². The van der Waals surface area contributed by atoms with E-state index in [1.54, 1.807) is 34.9 Å². The molecule has 0 spiro atoms. The summed E-state index contributed by atoms with van der Waals surface area (Å²) in [5.74, 6) is -0.949. The number of carboxylic acids is 1. The lowest BCUT2D eigenvalue weighted by Crippen LogP contribution is -2.21. The third kappa shape index (κ3) is 2.48. The summed E-state index contributed by atoms with van der Waals surface area (Å²) >= 11 is 0. The van der Waals surface area contributed by atoms with Crippen LogP contribution in [-0.4, -0.2) is 15.6 Å². The van der Waals surface area contributed by atoms with Crippen molar-refractivity contribution in [3.63, 3.8) is 0 Å². The molecule has 0 saturated heterocycles. The minimum absolute atomic E-state index is 0.0580. The number of hydrogen-bond donors (Lipinski definition) is 1. The topological polar surface area (TPSA) is 59.3 Å². The second-order valence-corrected chi connectivity index (χ2v) is 4.09. The molecule has 1 N–H and O–H groups in total. The highest BCUT2D eigenvalue weighted by atomic mass is 16.4. The Bertz CT molecular complexity index is 626. The van der Waals surface area contributed by atoms with Crippen LogP contribution in [0.25, 0.3) is 0 Å². The van der Waals surface area contributed by atoms with E-state index >= 15 is 0 Å². The molecule has 0 aliphatic rings. The predicted molar refractivity (Wildman–Crippen MR) is 67.9 cm³/mol. The summed E-state index contributed by atoms with van der Waals surface area (Å²) in [4.78, 5) is 22.4. The number of carboxylic acid groups (broad SMARTS) is 1. The lowest BCUT2D eigenvalue weighted by Gasteiger charge is -2.09. The summed E-state index contributed by atoms with van der Waals surface area (Å²) in [6, 6.07) is 11.6. The van der Waals surface area contributed by atoms with Crippen molar-refractivity contribution in [1.29, 1.82) is 0 Å². The Morgan fingerprint density at radius 2 is 1.83 bits per heavy atom. The molecule has 0 saturated carbocycles. The van der Waals surface area contributed by atoms with Crippen molar-refractivity contribution in [2.75, 3.05) is 0 Å². The Morgan fingerprint density at radius 3 is 2.39 bits per heavy atom. The fourth-order valence-electron chi connectivity index (χ4n) is 1.76. The van der Waals surface area contributed by atoms with Gasteiger partial charge < -0.3 is 9.67 Å². The van der Waals surface area contributed by atoms with Crippen LogP contribution in [0.3, 0.4) is 0 Å². The number of rotatable bonds is 3. The first-order chi connectivity index (χ1) is 8.58. The summed E-state index contributed by atoms with van der Waals surface area (Å²) in [6.07, 6.45) is 0. The number of aromatic carboxylic acids is 1. The van der Waals surface area contributed by atoms with Crippen LogP contribution in [0.4, 0.5) is 0 Å². The van der Waals surface area contributed by atoms with Gasteiger partial charge in [0.2, 0.25) is 0 Å². The van der Waals surface area contributed by atoms with Crippen molar-refractivity contribution in [2.24, 2.45) is 0 Å². The van der Waals surface area contributed by atoms with Gasteiger partial charge in [-0.25, -0.2) is 4.79 Å². The Kier molecular flexibility index (Phi) is 3.28. The second-order valence-electron chi connectivity index (χ2n) is 4.09.